The van der Waals surface area contributed by atoms with Gasteiger partial charge in [0.15, 0.2) is 5.65 Å². The summed E-state index contributed by atoms with van der Waals surface area (Å²) in [6.45, 7) is 1.83. The lowest BCUT2D eigenvalue weighted by Gasteiger charge is -2.07. The third kappa shape index (κ3) is 2.80. The zero-order chi connectivity index (χ0) is 15.7. The Balaban J connectivity index is 2.28. The van der Waals surface area contributed by atoms with Crippen LogP contribution in [0, 0.1) is 0 Å². The molecule has 112 valence electrons. The lowest BCUT2D eigenvalue weighted by molar-refractivity contribution is -0.115. The standard InChI is InChI=1S/C16H13Br2N3O/c1-2-13(22)19-16-14(10-6-4-3-5-7-10)20-15-12(18)8-11(17)9-21(15)16/h3-9H,2H2,1H3,(H,19,22). The fourth-order valence-corrected chi connectivity index (χ4v) is 3.48. The number of carbonyl (C=O) groups is 1. The highest BCUT2D eigenvalue weighted by atomic mass is 79.9. The summed E-state index contributed by atoms with van der Waals surface area (Å²) >= 11 is 7.00. The molecule has 0 bridgehead atoms. The number of nitrogens with zero attached hydrogens (tertiary/aromatic N) is 2. The predicted octanol–water partition coefficient (Wildman–Crippen LogP) is 4.87. The molecule has 22 heavy (non-hydrogen) atoms. The minimum atomic E-state index is -0.0462. The summed E-state index contributed by atoms with van der Waals surface area (Å²) in [5.74, 6) is 0.630. The Hall–Kier alpha value is -1.66. The van der Waals surface area contributed by atoms with E-state index in [4.69, 9.17) is 4.98 Å². The summed E-state index contributed by atoms with van der Waals surface area (Å²) in [7, 11) is 0. The summed E-state index contributed by atoms with van der Waals surface area (Å²) in [6, 6.07) is 11.8. The maximum absolute atomic E-state index is 11.9. The molecule has 3 aromatic rings. The average Bonchev–Trinajstić information content (AvgIpc) is 2.87. The second-order valence-corrected chi connectivity index (χ2v) is 6.55. The van der Waals surface area contributed by atoms with Crippen molar-refractivity contribution in [1.29, 1.82) is 0 Å². The minimum Gasteiger partial charge on any atom is -0.310 e. The van der Waals surface area contributed by atoms with Crippen LogP contribution in [0.1, 0.15) is 13.3 Å². The molecule has 0 atom stereocenters. The number of amides is 1. The summed E-state index contributed by atoms with van der Waals surface area (Å²) in [5.41, 5.74) is 2.47. The number of nitrogens with one attached hydrogen (secondary N) is 1. The summed E-state index contributed by atoms with van der Waals surface area (Å²) in [4.78, 5) is 16.6. The number of hydrogen-bond donors (Lipinski definition) is 1. The van der Waals surface area contributed by atoms with Gasteiger partial charge in [0.1, 0.15) is 11.5 Å². The first kappa shape index (κ1) is 15.2. The van der Waals surface area contributed by atoms with E-state index in [-0.39, 0.29) is 5.91 Å². The molecule has 2 heterocycles. The zero-order valence-corrected chi connectivity index (χ0v) is 15.0. The number of rotatable bonds is 3. The number of anilines is 1. The molecule has 2 aromatic heterocycles. The van der Waals surface area contributed by atoms with Crippen molar-refractivity contribution >= 4 is 49.2 Å². The third-order valence-electron chi connectivity index (χ3n) is 3.27. The van der Waals surface area contributed by atoms with Crippen molar-refractivity contribution in [3.8, 4) is 11.3 Å². The normalized spacial score (nSPS) is 10.9. The van der Waals surface area contributed by atoms with Crippen LogP contribution in [0.5, 0.6) is 0 Å². The van der Waals surface area contributed by atoms with Gasteiger partial charge in [0.2, 0.25) is 5.91 Å². The maximum Gasteiger partial charge on any atom is 0.225 e. The fraction of sp³-hybridized carbons (Fsp3) is 0.125. The Kier molecular flexibility index (Phi) is 4.31. The first-order chi connectivity index (χ1) is 10.6. The number of aromatic nitrogens is 2. The van der Waals surface area contributed by atoms with Crippen LogP contribution in [-0.2, 0) is 4.79 Å². The molecule has 6 heteroatoms. The average molecular weight is 423 g/mol. The van der Waals surface area contributed by atoms with E-state index in [1.807, 2.05) is 53.9 Å². The van der Waals surface area contributed by atoms with Crippen molar-refractivity contribution < 1.29 is 4.79 Å². The van der Waals surface area contributed by atoms with E-state index < -0.39 is 0 Å². The molecule has 0 unspecified atom stereocenters. The Morgan fingerprint density at radius 3 is 2.68 bits per heavy atom. The molecule has 0 saturated carbocycles. The Morgan fingerprint density at radius 2 is 2.00 bits per heavy atom. The van der Waals surface area contributed by atoms with E-state index in [1.165, 1.54) is 0 Å². The molecule has 1 aromatic carbocycles. The largest absolute Gasteiger partial charge is 0.310 e. The second-order valence-electron chi connectivity index (χ2n) is 4.78. The quantitative estimate of drug-likeness (QED) is 0.654. The summed E-state index contributed by atoms with van der Waals surface area (Å²) in [5, 5.41) is 2.96. The monoisotopic (exact) mass is 421 g/mol. The van der Waals surface area contributed by atoms with Crippen molar-refractivity contribution in [2.75, 3.05) is 5.32 Å². The highest BCUT2D eigenvalue weighted by Gasteiger charge is 2.17. The van der Waals surface area contributed by atoms with E-state index in [9.17, 15) is 4.79 Å². The number of hydrogen-bond acceptors (Lipinski definition) is 2. The van der Waals surface area contributed by atoms with E-state index in [2.05, 4.69) is 37.2 Å². The van der Waals surface area contributed by atoms with Crippen molar-refractivity contribution in [2.45, 2.75) is 13.3 Å². The molecule has 4 nitrogen and oxygen atoms in total. The minimum absolute atomic E-state index is 0.0462. The summed E-state index contributed by atoms with van der Waals surface area (Å²) in [6.07, 6.45) is 2.31. The molecule has 0 spiro atoms. The van der Waals surface area contributed by atoms with E-state index in [0.29, 0.717) is 12.2 Å². The van der Waals surface area contributed by atoms with Crippen LogP contribution in [0.15, 0.2) is 51.5 Å². The third-order valence-corrected chi connectivity index (χ3v) is 4.29. The predicted molar refractivity (Wildman–Crippen MR) is 94.9 cm³/mol. The molecule has 0 fully saturated rings. The van der Waals surface area contributed by atoms with E-state index >= 15 is 0 Å². The topological polar surface area (TPSA) is 46.4 Å². The summed E-state index contributed by atoms with van der Waals surface area (Å²) < 4.78 is 3.64. The van der Waals surface area contributed by atoms with Crippen molar-refractivity contribution in [3.63, 3.8) is 0 Å². The van der Waals surface area contributed by atoms with Gasteiger partial charge in [0.05, 0.1) is 4.47 Å². The Labute approximate surface area is 144 Å². The van der Waals surface area contributed by atoms with Crippen molar-refractivity contribution in [1.82, 2.24) is 9.38 Å². The van der Waals surface area contributed by atoms with Crippen LogP contribution >= 0.6 is 31.9 Å². The number of benzene rings is 1. The molecule has 1 amide bonds. The van der Waals surface area contributed by atoms with Gasteiger partial charge in [-0.3, -0.25) is 9.20 Å². The van der Waals surface area contributed by atoms with Gasteiger partial charge in [-0.15, -0.1) is 0 Å². The number of imidazole rings is 1. The van der Waals surface area contributed by atoms with Gasteiger partial charge in [0.25, 0.3) is 0 Å². The van der Waals surface area contributed by atoms with Gasteiger partial charge < -0.3 is 5.32 Å². The zero-order valence-electron chi connectivity index (χ0n) is 11.8. The van der Waals surface area contributed by atoms with Crippen LogP contribution < -0.4 is 5.32 Å². The first-order valence-corrected chi connectivity index (χ1v) is 8.41. The van der Waals surface area contributed by atoms with Crippen LogP contribution in [0.2, 0.25) is 0 Å². The number of carbonyl (C=O) groups excluding carboxylic acids is 1. The molecule has 0 aliphatic rings. The molecule has 0 aliphatic heterocycles. The molecular formula is C16H13Br2N3O. The van der Waals surface area contributed by atoms with E-state index in [0.717, 1.165) is 25.8 Å². The first-order valence-electron chi connectivity index (χ1n) is 6.82. The van der Waals surface area contributed by atoms with Gasteiger partial charge in [-0.25, -0.2) is 4.98 Å². The lowest BCUT2D eigenvalue weighted by Crippen LogP contribution is -2.12. The van der Waals surface area contributed by atoms with Crippen LogP contribution in [-0.4, -0.2) is 15.3 Å². The highest BCUT2D eigenvalue weighted by molar-refractivity contribution is 9.11. The Bertz CT molecular complexity index is 843. The molecule has 1 N–H and O–H groups in total. The number of halogens is 2. The molecule has 0 aliphatic carbocycles. The number of pyridine rings is 1. The molecule has 0 radical (unpaired) electrons. The van der Waals surface area contributed by atoms with Crippen LogP contribution in [0.4, 0.5) is 5.82 Å². The van der Waals surface area contributed by atoms with Gasteiger partial charge in [-0.1, -0.05) is 37.3 Å². The molecule has 0 saturated heterocycles. The molecular weight excluding hydrogens is 410 g/mol. The Morgan fingerprint density at radius 1 is 1.27 bits per heavy atom. The van der Waals surface area contributed by atoms with Gasteiger partial charge in [-0.2, -0.15) is 0 Å². The second kappa shape index (κ2) is 6.22. The van der Waals surface area contributed by atoms with E-state index in [1.54, 1.807) is 0 Å². The SMILES string of the molecule is CCC(=O)Nc1c(-c2ccccc2)nc2c(Br)cc(Br)cn12. The highest BCUT2D eigenvalue weighted by Crippen LogP contribution is 2.33. The molecule has 3 rings (SSSR count). The van der Waals surface area contributed by atoms with Crippen molar-refractivity contribution in [2.24, 2.45) is 0 Å². The van der Waals surface area contributed by atoms with Gasteiger partial charge in [0, 0.05) is 22.7 Å². The number of fused-ring (bicyclic) bond motifs is 1. The maximum atomic E-state index is 11.9. The van der Waals surface area contributed by atoms with Crippen molar-refractivity contribution in [3.05, 3.63) is 51.5 Å². The van der Waals surface area contributed by atoms with Gasteiger partial charge >= 0.3 is 0 Å². The lowest BCUT2D eigenvalue weighted by atomic mass is 10.1. The smallest absolute Gasteiger partial charge is 0.225 e. The van der Waals surface area contributed by atoms with Gasteiger partial charge in [-0.05, 0) is 37.9 Å². The fourth-order valence-electron chi connectivity index (χ4n) is 2.21. The van der Waals surface area contributed by atoms with Crippen LogP contribution in [0.3, 0.4) is 0 Å². The van der Waals surface area contributed by atoms with Crippen LogP contribution in [0.25, 0.3) is 16.9 Å².